The van der Waals surface area contributed by atoms with Gasteiger partial charge in [-0.15, -0.1) is 11.6 Å². The van der Waals surface area contributed by atoms with E-state index in [2.05, 4.69) is 0 Å². The summed E-state index contributed by atoms with van der Waals surface area (Å²) in [4.78, 5) is 13.8. The van der Waals surface area contributed by atoms with Crippen LogP contribution in [0, 0.1) is 0 Å². The lowest BCUT2D eigenvalue weighted by Gasteiger charge is -2.21. The Morgan fingerprint density at radius 3 is 2.78 bits per heavy atom. The van der Waals surface area contributed by atoms with Gasteiger partial charge in [0.15, 0.2) is 0 Å². The SMILES string of the molecule is COCCN(CCCl)C(=O)Cc1cccc(Cl)c1. The Bertz CT molecular complexity index is 385. The summed E-state index contributed by atoms with van der Waals surface area (Å²) in [6.45, 7) is 1.60. The van der Waals surface area contributed by atoms with Crippen LogP contribution in [0.15, 0.2) is 24.3 Å². The predicted octanol–water partition coefficient (Wildman–Crippen LogP) is 2.60. The van der Waals surface area contributed by atoms with Crippen molar-refractivity contribution in [2.45, 2.75) is 6.42 Å². The van der Waals surface area contributed by atoms with Crippen molar-refractivity contribution in [2.75, 3.05) is 32.7 Å². The van der Waals surface area contributed by atoms with Crippen molar-refractivity contribution >= 4 is 29.1 Å². The molecule has 3 nitrogen and oxygen atoms in total. The molecule has 1 aromatic carbocycles. The summed E-state index contributed by atoms with van der Waals surface area (Å²) < 4.78 is 4.98. The summed E-state index contributed by atoms with van der Waals surface area (Å²) >= 11 is 11.6. The molecule has 0 heterocycles. The summed E-state index contributed by atoms with van der Waals surface area (Å²) in [7, 11) is 1.61. The van der Waals surface area contributed by atoms with Crippen LogP contribution in [0.4, 0.5) is 0 Å². The molecular weight excluding hydrogens is 273 g/mol. The van der Waals surface area contributed by atoms with Crippen molar-refractivity contribution in [2.24, 2.45) is 0 Å². The van der Waals surface area contributed by atoms with Gasteiger partial charge < -0.3 is 9.64 Å². The molecule has 0 spiro atoms. The molecule has 1 aromatic rings. The number of amides is 1. The van der Waals surface area contributed by atoms with Gasteiger partial charge >= 0.3 is 0 Å². The summed E-state index contributed by atoms with van der Waals surface area (Å²) in [5.74, 6) is 0.459. The molecule has 5 heteroatoms. The summed E-state index contributed by atoms with van der Waals surface area (Å²) in [6, 6.07) is 7.32. The number of benzene rings is 1. The van der Waals surface area contributed by atoms with Crippen LogP contribution in [0.2, 0.25) is 5.02 Å². The second-order valence-corrected chi connectivity index (χ2v) is 4.68. The molecule has 0 bridgehead atoms. The van der Waals surface area contributed by atoms with E-state index in [0.717, 1.165) is 5.56 Å². The highest BCUT2D eigenvalue weighted by molar-refractivity contribution is 6.30. The average Bonchev–Trinajstić information content (AvgIpc) is 2.34. The molecule has 0 saturated heterocycles. The Morgan fingerprint density at radius 2 is 2.17 bits per heavy atom. The number of alkyl halides is 1. The van der Waals surface area contributed by atoms with E-state index in [1.807, 2.05) is 12.1 Å². The van der Waals surface area contributed by atoms with Gasteiger partial charge in [0.25, 0.3) is 0 Å². The maximum absolute atomic E-state index is 12.1. The number of rotatable bonds is 7. The van der Waals surface area contributed by atoms with Gasteiger partial charge in [0, 0.05) is 31.1 Å². The summed E-state index contributed by atoms with van der Waals surface area (Å²) in [5, 5.41) is 0.640. The lowest BCUT2D eigenvalue weighted by Crippen LogP contribution is -2.36. The maximum atomic E-state index is 12.1. The number of hydrogen-bond acceptors (Lipinski definition) is 2. The van der Waals surface area contributed by atoms with Gasteiger partial charge in [-0.1, -0.05) is 23.7 Å². The minimum Gasteiger partial charge on any atom is -0.383 e. The monoisotopic (exact) mass is 289 g/mol. The van der Waals surface area contributed by atoms with Gasteiger partial charge in [-0.3, -0.25) is 4.79 Å². The van der Waals surface area contributed by atoms with E-state index < -0.39 is 0 Å². The van der Waals surface area contributed by atoms with Crippen molar-refractivity contribution < 1.29 is 9.53 Å². The first kappa shape index (κ1) is 15.3. The number of carbonyl (C=O) groups excluding carboxylic acids is 1. The summed E-state index contributed by atoms with van der Waals surface area (Å²) in [6.07, 6.45) is 0.334. The second kappa shape index (κ2) is 8.35. The highest BCUT2D eigenvalue weighted by Crippen LogP contribution is 2.12. The van der Waals surface area contributed by atoms with Crippen LogP contribution in [0.5, 0.6) is 0 Å². The lowest BCUT2D eigenvalue weighted by atomic mass is 10.1. The topological polar surface area (TPSA) is 29.5 Å². The predicted molar refractivity (Wildman–Crippen MR) is 74.3 cm³/mol. The van der Waals surface area contributed by atoms with Gasteiger partial charge in [0.1, 0.15) is 0 Å². The Morgan fingerprint density at radius 1 is 1.39 bits per heavy atom. The molecule has 100 valence electrons. The number of ether oxygens (including phenoxy) is 1. The van der Waals surface area contributed by atoms with E-state index in [9.17, 15) is 4.79 Å². The molecule has 0 saturated carbocycles. The molecule has 0 radical (unpaired) electrons. The van der Waals surface area contributed by atoms with Gasteiger partial charge in [0.05, 0.1) is 13.0 Å². The highest BCUT2D eigenvalue weighted by atomic mass is 35.5. The lowest BCUT2D eigenvalue weighted by molar-refractivity contribution is -0.130. The fraction of sp³-hybridized carbons (Fsp3) is 0.462. The number of halogens is 2. The Labute approximate surface area is 118 Å². The fourth-order valence-electron chi connectivity index (χ4n) is 1.60. The first-order valence-electron chi connectivity index (χ1n) is 5.74. The number of hydrogen-bond donors (Lipinski definition) is 0. The first-order valence-corrected chi connectivity index (χ1v) is 6.65. The van der Waals surface area contributed by atoms with Crippen LogP contribution in [0.1, 0.15) is 5.56 Å². The Balaban J connectivity index is 2.60. The molecular formula is C13H17Cl2NO2. The van der Waals surface area contributed by atoms with Crippen molar-refractivity contribution in [1.82, 2.24) is 4.90 Å². The van der Waals surface area contributed by atoms with Crippen LogP contribution in [0.3, 0.4) is 0 Å². The van der Waals surface area contributed by atoms with Crippen molar-refractivity contribution in [3.8, 4) is 0 Å². The quantitative estimate of drug-likeness (QED) is 0.722. The highest BCUT2D eigenvalue weighted by Gasteiger charge is 2.13. The maximum Gasteiger partial charge on any atom is 0.227 e. The van der Waals surface area contributed by atoms with Crippen molar-refractivity contribution in [1.29, 1.82) is 0 Å². The molecule has 0 N–H and O–H groups in total. The van der Waals surface area contributed by atoms with E-state index in [0.29, 0.717) is 37.0 Å². The van der Waals surface area contributed by atoms with E-state index in [4.69, 9.17) is 27.9 Å². The summed E-state index contributed by atoms with van der Waals surface area (Å²) in [5.41, 5.74) is 0.907. The van der Waals surface area contributed by atoms with Crippen molar-refractivity contribution in [3.63, 3.8) is 0 Å². The zero-order valence-corrected chi connectivity index (χ0v) is 11.9. The van der Waals surface area contributed by atoms with Crippen LogP contribution in [0.25, 0.3) is 0 Å². The van der Waals surface area contributed by atoms with Gasteiger partial charge in [-0.25, -0.2) is 0 Å². The number of carbonyl (C=O) groups is 1. The standard InChI is InChI=1S/C13H17Cl2NO2/c1-18-8-7-16(6-5-14)13(17)10-11-3-2-4-12(15)9-11/h2-4,9H,5-8,10H2,1H3. The van der Waals surface area contributed by atoms with Crippen LogP contribution >= 0.6 is 23.2 Å². The molecule has 1 rings (SSSR count). The van der Waals surface area contributed by atoms with Gasteiger partial charge in [0.2, 0.25) is 5.91 Å². The molecule has 18 heavy (non-hydrogen) atoms. The molecule has 0 fully saturated rings. The molecule has 0 aliphatic heterocycles. The van der Waals surface area contributed by atoms with E-state index >= 15 is 0 Å². The number of nitrogens with zero attached hydrogens (tertiary/aromatic N) is 1. The Hall–Kier alpha value is -0.770. The van der Waals surface area contributed by atoms with Crippen LogP contribution in [-0.4, -0.2) is 43.5 Å². The normalized spacial score (nSPS) is 10.4. The van der Waals surface area contributed by atoms with E-state index in [1.165, 1.54) is 0 Å². The minimum absolute atomic E-state index is 0.0370. The molecule has 0 aromatic heterocycles. The zero-order chi connectivity index (χ0) is 13.4. The van der Waals surface area contributed by atoms with Crippen LogP contribution in [-0.2, 0) is 16.0 Å². The third-order valence-electron chi connectivity index (χ3n) is 2.52. The molecule has 0 aliphatic rings. The van der Waals surface area contributed by atoms with Gasteiger partial charge in [-0.2, -0.15) is 0 Å². The number of methoxy groups -OCH3 is 1. The third kappa shape index (κ3) is 5.25. The average molecular weight is 290 g/mol. The fourth-order valence-corrected chi connectivity index (χ4v) is 2.01. The zero-order valence-electron chi connectivity index (χ0n) is 10.4. The van der Waals surface area contributed by atoms with Crippen LogP contribution < -0.4 is 0 Å². The van der Waals surface area contributed by atoms with E-state index in [-0.39, 0.29) is 5.91 Å². The van der Waals surface area contributed by atoms with Crippen molar-refractivity contribution in [3.05, 3.63) is 34.9 Å². The largest absolute Gasteiger partial charge is 0.383 e. The van der Waals surface area contributed by atoms with E-state index in [1.54, 1.807) is 24.1 Å². The van der Waals surface area contributed by atoms with Gasteiger partial charge in [-0.05, 0) is 17.7 Å². The first-order chi connectivity index (χ1) is 8.67. The third-order valence-corrected chi connectivity index (χ3v) is 2.92. The molecule has 0 atom stereocenters. The smallest absolute Gasteiger partial charge is 0.227 e. The molecule has 0 unspecified atom stereocenters. The molecule has 1 amide bonds. The Kier molecular flexibility index (Phi) is 7.09. The second-order valence-electron chi connectivity index (χ2n) is 3.87. The molecule has 0 aliphatic carbocycles. The minimum atomic E-state index is 0.0370.